The van der Waals surface area contributed by atoms with Crippen LogP contribution in [0, 0.1) is 11.8 Å². The van der Waals surface area contributed by atoms with E-state index >= 15 is 0 Å². The van der Waals surface area contributed by atoms with E-state index in [0.717, 1.165) is 38.5 Å². The van der Waals surface area contributed by atoms with Crippen molar-refractivity contribution < 1.29 is 24.2 Å². The zero-order chi connectivity index (χ0) is 22.2. The van der Waals surface area contributed by atoms with Gasteiger partial charge in [0, 0.05) is 12.8 Å². The van der Waals surface area contributed by atoms with Crippen molar-refractivity contribution >= 4 is 17.8 Å². The molecule has 6 nitrogen and oxygen atoms in total. The highest BCUT2D eigenvalue weighted by atomic mass is 16.5. The number of rotatable bonds is 16. The van der Waals surface area contributed by atoms with Gasteiger partial charge in [-0.2, -0.15) is 0 Å². The Hall–Kier alpha value is -1.59. The molecule has 2 atom stereocenters. The molecule has 1 amide bonds. The topological polar surface area (TPSA) is 92.7 Å². The summed E-state index contributed by atoms with van der Waals surface area (Å²) in [5, 5.41) is 12.3. The third-order valence-corrected chi connectivity index (χ3v) is 6.12. The molecule has 0 aliphatic heterocycles. The fourth-order valence-corrected chi connectivity index (χ4v) is 4.42. The number of ether oxygens (including phenoxy) is 1. The standard InChI is InChI=1S/C24H43NO5/c1-3-4-5-6-7-8-12-15-21(17-23(27)28)24(29)25-22(18-30-19(2)26)16-20-13-10-9-11-14-20/h20-22H,3-18H2,1-2H3,(H,25,29)(H,27,28)/t21-,22+/m1/s1. The maximum atomic E-state index is 12.9. The maximum Gasteiger partial charge on any atom is 0.304 e. The average molecular weight is 426 g/mol. The lowest BCUT2D eigenvalue weighted by Gasteiger charge is -2.28. The SMILES string of the molecule is CCCCCCCCC[C@H](CC(=O)O)C(=O)N[C@H](COC(C)=O)CC1CCCCC1. The molecule has 0 unspecified atom stereocenters. The molecule has 0 aromatic rings. The third kappa shape index (κ3) is 12.9. The van der Waals surface area contributed by atoms with Crippen LogP contribution in [-0.4, -0.2) is 35.6 Å². The Morgan fingerprint density at radius 1 is 1.00 bits per heavy atom. The van der Waals surface area contributed by atoms with Gasteiger partial charge in [-0.1, -0.05) is 84.0 Å². The van der Waals surface area contributed by atoms with Gasteiger partial charge >= 0.3 is 11.9 Å². The molecule has 0 radical (unpaired) electrons. The number of carboxylic acid groups (broad SMARTS) is 1. The number of amides is 1. The molecule has 1 fully saturated rings. The van der Waals surface area contributed by atoms with Gasteiger partial charge in [0.05, 0.1) is 12.5 Å². The molecule has 0 aromatic carbocycles. The van der Waals surface area contributed by atoms with Gasteiger partial charge in [0.25, 0.3) is 0 Å². The van der Waals surface area contributed by atoms with Gasteiger partial charge in [-0.25, -0.2) is 0 Å². The number of hydrogen-bond acceptors (Lipinski definition) is 4. The molecule has 1 saturated carbocycles. The van der Waals surface area contributed by atoms with Crippen molar-refractivity contribution in [3.8, 4) is 0 Å². The van der Waals surface area contributed by atoms with Crippen LogP contribution >= 0.6 is 0 Å². The third-order valence-electron chi connectivity index (χ3n) is 6.12. The van der Waals surface area contributed by atoms with Crippen molar-refractivity contribution in [3.05, 3.63) is 0 Å². The predicted molar refractivity (Wildman–Crippen MR) is 118 cm³/mol. The first-order valence-corrected chi connectivity index (χ1v) is 12.1. The van der Waals surface area contributed by atoms with Crippen LogP contribution in [-0.2, 0) is 19.1 Å². The highest BCUT2D eigenvalue weighted by Crippen LogP contribution is 2.27. The lowest BCUT2D eigenvalue weighted by Crippen LogP contribution is -2.43. The summed E-state index contributed by atoms with van der Waals surface area (Å²) in [5.74, 6) is -1.51. The van der Waals surface area contributed by atoms with Gasteiger partial charge < -0.3 is 15.2 Å². The van der Waals surface area contributed by atoms with E-state index in [2.05, 4.69) is 12.2 Å². The molecule has 30 heavy (non-hydrogen) atoms. The highest BCUT2D eigenvalue weighted by molar-refractivity contribution is 5.83. The molecule has 1 rings (SSSR count). The number of aliphatic carboxylic acids is 1. The molecule has 0 heterocycles. The Labute approximate surface area is 182 Å². The van der Waals surface area contributed by atoms with Crippen LogP contribution in [0.4, 0.5) is 0 Å². The van der Waals surface area contributed by atoms with E-state index in [0.29, 0.717) is 12.3 Å². The molecule has 2 N–H and O–H groups in total. The Balaban J connectivity index is 2.54. The van der Waals surface area contributed by atoms with E-state index in [1.807, 2.05) is 0 Å². The van der Waals surface area contributed by atoms with E-state index in [-0.39, 0.29) is 30.9 Å². The number of nitrogens with one attached hydrogen (secondary N) is 1. The Bertz CT molecular complexity index is 502. The number of carbonyl (C=O) groups is 3. The lowest BCUT2D eigenvalue weighted by atomic mass is 9.84. The van der Waals surface area contributed by atoms with Gasteiger partial charge in [-0.05, 0) is 18.8 Å². The minimum absolute atomic E-state index is 0.147. The number of unbranched alkanes of at least 4 members (excludes halogenated alkanes) is 6. The van der Waals surface area contributed by atoms with Gasteiger partial charge in [0.15, 0.2) is 0 Å². The normalized spacial score (nSPS) is 16.6. The minimum atomic E-state index is -0.943. The summed E-state index contributed by atoms with van der Waals surface area (Å²) >= 11 is 0. The average Bonchev–Trinajstić information content (AvgIpc) is 2.70. The van der Waals surface area contributed by atoms with Crippen molar-refractivity contribution in [1.82, 2.24) is 5.32 Å². The van der Waals surface area contributed by atoms with Crippen LogP contribution in [0.5, 0.6) is 0 Å². The lowest BCUT2D eigenvalue weighted by molar-refractivity contribution is -0.143. The van der Waals surface area contributed by atoms with Crippen molar-refractivity contribution in [2.75, 3.05) is 6.61 Å². The smallest absolute Gasteiger partial charge is 0.304 e. The fourth-order valence-electron chi connectivity index (χ4n) is 4.42. The van der Waals surface area contributed by atoms with Crippen LogP contribution in [0.2, 0.25) is 0 Å². The summed E-state index contributed by atoms with van der Waals surface area (Å²) in [5.41, 5.74) is 0. The van der Waals surface area contributed by atoms with E-state index in [1.165, 1.54) is 51.9 Å². The molecular weight excluding hydrogens is 382 g/mol. The zero-order valence-corrected chi connectivity index (χ0v) is 19.1. The number of hydrogen-bond donors (Lipinski definition) is 2. The van der Waals surface area contributed by atoms with Crippen molar-refractivity contribution in [2.24, 2.45) is 11.8 Å². The summed E-state index contributed by atoms with van der Waals surface area (Å²) in [7, 11) is 0. The van der Waals surface area contributed by atoms with E-state index < -0.39 is 11.9 Å². The summed E-state index contributed by atoms with van der Waals surface area (Å²) < 4.78 is 5.18. The van der Waals surface area contributed by atoms with E-state index in [1.54, 1.807) is 0 Å². The van der Waals surface area contributed by atoms with E-state index in [4.69, 9.17) is 4.74 Å². The van der Waals surface area contributed by atoms with Crippen LogP contribution in [0.15, 0.2) is 0 Å². The van der Waals surface area contributed by atoms with Gasteiger partial charge in [-0.3, -0.25) is 14.4 Å². The number of carboxylic acids is 1. The van der Waals surface area contributed by atoms with Crippen LogP contribution < -0.4 is 5.32 Å². The molecule has 174 valence electrons. The Morgan fingerprint density at radius 3 is 2.23 bits per heavy atom. The molecule has 6 heteroatoms. The number of carbonyl (C=O) groups excluding carboxylic acids is 2. The quantitative estimate of drug-likeness (QED) is 0.261. The first kappa shape index (κ1) is 26.4. The monoisotopic (exact) mass is 425 g/mol. The van der Waals surface area contributed by atoms with Crippen molar-refractivity contribution in [1.29, 1.82) is 0 Å². The summed E-state index contributed by atoms with van der Waals surface area (Å²) in [6.45, 7) is 3.72. The first-order valence-electron chi connectivity index (χ1n) is 12.1. The summed E-state index contributed by atoms with van der Waals surface area (Å²) in [4.78, 5) is 35.4. The minimum Gasteiger partial charge on any atom is -0.481 e. The van der Waals surface area contributed by atoms with E-state index in [9.17, 15) is 19.5 Å². The Kier molecular flexibility index (Phi) is 14.2. The molecular formula is C24H43NO5. The maximum absolute atomic E-state index is 12.9. The van der Waals surface area contributed by atoms with Gasteiger partial charge in [0.2, 0.25) is 5.91 Å². The van der Waals surface area contributed by atoms with Crippen molar-refractivity contribution in [2.45, 2.75) is 116 Å². The largest absolute Gasteiger partial charge is 0.481 e. The second-order valence-electron chi connectivity index (χ2n) is 8.95. The second-order valence-corrected chi connectivity index (χ2v) is 8.95. The molecule has 1 aliphatic carbocycles. The van der Waals surface area contributed by atoms with Gasteiger partial charge in [-0.15, -0.1) is 0 Å². The van der Waals surface area contributed by atoms with Crippen LogP contribution in [0.25, 0.3) is 0 Å². The molecule has 0 aromatic heterocycles. The highest BCUT2D eigenvalue weighted by Gasteiger charge is 2.26. The summed E-state index contributed by atoms with van der Waals surface area (Å²) in [6, 6.07) is -0.241. The van der Waals surface area contributed by atoms with Crippen LogP contribution in [0.1, 0.15) is 110 Å². The molecule has 0 spiro atoms. The molecule has 0 bridgehead atoms. The first-order chi connectivity index (χ1) is 14.4. The fraction of sp³-hybridized carbons (Fsp3) is 0.875. The summed E-state index contributed by atoms with van der Waals surface area (Å²) in [6.07, 6.45) is 15.2. The van der Waals surface area contributed by atoms with Crippen molar-refractivity contribution in [3.63, 3.8) is 0 Å². The Morgan fingerprint density at radius 2 is 1.63 bits per heavy atom. The predicted octanol–water partition coefficient (Wildman–Crippen LogP) is 5.24. The zero-order valence-electron chi connectivity index (χ0n) is 19.1. The second kappa shape index (κ2) is 16.1. The molecule has 0 saturated heterocycles. The number of esters is 1. The van der Waals surface area contributed by atoms with Gasteiger partial charge in [0.1, 0.15) is 6.61 Å². The molecule has 1 aliphatic rings. The van der Waals surface area contributed by atoms with Crippen LogP contribution in [0.3, 0.4) is 0 Å².